The Bertz CT molecular complexity index is 518. The second-order valence-corrected chi connectivity index (χ2v) is 7.16. The summed E-state index contributed by atoms with van der Waals surface area (Å²) in [5, 5.41) is 0. The number of carbonyl (C=O) groups is 1. The fraction of sp³-hybridized carbons (Fsp3) is 0.588. The summed E-state index contributed by atoms with van der Waals surface area (Å²) in [5.41, 5.74) is 8.13. The number of benzene rings is 1. The molecule has 0 bridgehead atoms. The molecule has 2 unspecified atom stereocenters. The predicted molar refractivity (Wildman–Crippen MR) is 87.5 cm³/mol. The molecule has 4 heteroatoms. The average Bonchev–Trinajstić information content (AvgIpc) is 2.84. The number of nitrogens with two attached hydrogens (primary N) is 1. The van der Waals surface area contributed by atoms with Gasteiger partial charge in [0.1, 0.15) is 5.54 Å². The van der Waals surface area contributed by atoms with Crippen molar-refractivity contribution in [2.45, 2.75) is 50.0 Å². The van der Waals surface area contributed by atoms with Gasteiger partial charge in [0.25, 0.3) is 0 Å². The fourth-order valence-electron chi connectivity index (χ4n) is 3.14. The van der Waals surface area contributed by atoms with Crippen molar-refractivity contribution < 1.29 is 9.53 Å². The normalized spacial score (nSPS) is 25.0. The number of esters is 1. The topological polar surface area (TPSA) is 52.3 Å². The molecular weight excluding hydrogens is 282 g/mol. The van der Waals surface area contributed by atoms with E-state index < -0.39 is 5.54 Å². The van der Waals surface area contributed by atoms with Crippen LogP contribution >= 0.6 is 11.8 Å². The molecule has 0 amide bonds. The summed E-state index contributed by atoms with van der Waals surface area (Å²) >= 11 is 1.86. The zero-order valence-electron chi connectivity index (χ0n) is 13.1. The van der Waals surface area contributed by atoms with Gasteiger partial charge in [-0.05, 0) is 56.4 Å². The van der Waals surface area contributed by atoms with Crippen LogP contribution in [0.25, 0.3) is 0 Å². The molecule has 1 aromatic rings. The van der Waals surface area contributed by atoms with E-state index in [2.05, 4.69) is 32.0 Å². The Balaban J connectivity index is 1.94. The fourth-order valence-corrected chi connectivity index (χ4v) is 4.32. The Morgan fingerprint density at radius 3 is 2.95 bits per heavy atom. The lowest BCUT2D eigenvalue weighted by atomic mass is 9.86. The highest BCUT2D eigenvalue weighted by Crippen LogP contribution is 2.38. The minimum absolute atomic E-state index is 0.238. The summed E-state index contributed by atoms with van der Waals surface area (Å²) in [6.45, 7) is 4.25. The van der Waals surface area contributed by atoms with Crippen molar-refractivity contribution in [2.24, 2.45) is 11.7 Å². The average molecular weight is 307 g/mol. The van der Waals surface area contributed by atoms with Gasteiger partial charge in [0.2, 0.25) is 0 Å². The molecule has 1 fully saturated rings. The zero-order chi connectivity index (χ0) is 15.5. The number of hydrogen-bond acceptors (Lipinski definition) is 4. The summed E-state index contributed by atoms with van der Waals surface area (Å²) in [4.78, 5) is 13.3. The van der Waals surface area contributed by atoms with Crippen LogP contribution in [-0.2, 0) is 9.53 Å². The van der Waals surface area contributed by atoms with Gasteiger partial charge in [-0.25, -0.2) is 0 Å². The van der Waals surface area contributed by atoms with Gasteiger partial charge in [-0.15, -0.1) is 11.8 Å². The molecule has 2 rings (SSSR count). The van der Waals surface area contributed by atoms with Crippen molar-refractivity contribution in [2.75, 3.05) is 12.9 Å². The minimum atomic E-state index is -0.767. The molecule has 1 aliphatic rings. The molecule has 0 heterocycles. The third kappa shape index (κ3) is 3.61. The van der Waals surface area contributed by atoms with E-state index >= 15 is 0 Å². The molecule has 21 heavy (non-hydrogen) atoms. The predicted octanol–water partition coefficient (Wildman–Crippen LogP) is 3.46. The molecule has 1 aliphatic carbocycles. The SMILES string of the molecule is COC(=O)C1(N)CCCC1CCSc1cc(C)ccc1C. The van der Waals surface area contributed by atoms with Gasteiger partial charge in [0.15, 0.2) is 0 Å². The van der Waals surface area contributed by atoms with E-state index in [4.69, 9.17) is 10.5 Å². The first-order chi connectivity index (χ1) is 9.97. The Morgan fingerprint density at radius 1 is 1.48 bits per heavy atom. The van der Waals surface area contributed by atoms with Crippen molar-refractivity contribution >= 4 is 17.7 Å². The molecule has 1 aromatic carbocycles. The van der Waals surface area contributed by atoms with E-state index in [0.29, 0.717) is 0 Å². The van der Waals surface area contributed by atoms with Crippen LogP contribution in [0.1, 0.15) is 36.8 Å². The maximum Gasteiger partial charge on any atom is 0.326 e. The van der Waals surface area contributed by atoms with Crippen LogP contribution in [0.15, 0.2) is 23.1 Å². The van der Waals surface area contributed by atoms with Crippen molar-refractivity contribution in [1.29, 1.82) is 0 Å². The van der Waals surface area contributed by atoms with E-state index in [9.17, 15) is 4.79 Å². The Kier molecular flexibility index (Phi) is 5.33. The number of carbonyl (C=O) groups excluding carboxylic acids is 1. The Morgan fingerprint density at radius 2 is 2.24 bits per heavy atom. The highest BCUT2D eigenvalue weighted by molar-refractivity contribution is 7.99. The van der Waals surface area contributed by atoms with Gasteiger partial charge < -0.3 is 10.5 Å². The van der Waals surface area contributed by atoms with Crippen LogP contribution < -0.4 is 5.73 Å². The first kappa shape index (κ1) is 16.4. The molecule has 0 spiro atoms. The third-order valence-corrected chi connectivity index (χ3v) is 5.70. The maximum absolute atomic E-state index is 11.9. The van der Waals surface area contributed by atoms with Crippen LogP contribution in [0, 0.1) is 19.8 Å². The largest absolute Gasteiger partial charge is 0.468 e. The van der Waals surface area contributed by atoms with E-state index in [0.717, 1.165) is 31.4 Å². The molecule has 0 radical (unpaired) electrons. The van der Waals surface area contributed by atoms with E-state index in [-0.39, 0.29) is 11.9 Å². The Hall–Kier alpha value is -1.00. The van der Waals surface area contributed by atoms with Crippen LogP contribution in [0.3, 0.4) is 0 Å². The lowest BCUT2D eigenvalue weighted by Gasteiger charge is -2.28. The van der Waals surface area contributed by atoms with E-state index in [1.54, 1.807) is 0 Å². The zero-order valence-corrected chi connectivity index (χ0v) is 14.0. The van der Waals surface area contributed by atoms with E-state index in [1.165, 1.54) is 23.1 Å². The maximum atomic E-state index is 11.9. The number of ether oxygens (including phenoxy) is 1. The van der Waals surface area contributed by atoms with Gasteiger partial charge in [-0.2, -0.15) is 0 Å². The minimum Gasteiger partial charge on any atom is -0.468 e. The molecule has 1 saturated carbocycles. The molecule has 0 aromatic heterocycles. The first-order valence-electron chi connectivity index (χ1n) is 7.54. The molecular formula is C17H25NO2S. The number of methoxy groups -OCH3 is 1. The van der Waals surface area contributed by atoms with E-state index in [1.807, 2.05) is 11.8 Å². The van der Waals surface area contributed by atoms with Crippen LogP contribution in [0.5, 0.6) is 0 Å². The molecule has 116 valence electrons. The molecule has 2 atom stereocenters. The number of hydrogen-bond donors (Lipinski definition) is 1. The Labute approximate surface area is 131 Å². The number of thioether (sulfide) groups is 1. The lowest BCUT2D eigenvalue weighted by molar-refractivity contribution is -0.148. The van der Waals surface area contributed by atoms with Crippen LogP contribution in [0.4, 0.5) is 0 Å². The summed E-state index contributed by atoms with van der Waals surface area (Å²) in [6.07, 6.45) is 3.76. The first-order valence-corrected chi connectivity index (χ1v) is 8.53. The third-order valence-electron chi connectivity index (χ3n) is 4.50. The van der Waals surface area contributed by atoms with Gasteiger partial charge in [0.05, 0.1) is 7.11 Å². The molecule has 3 nitrogen and oxygen atoms in total. The second-order valence-electron chi connectivity index (χ2n) is 6.03. The molecule has 0 aliphatic heterocycles. The summed E-state index contributed by atoms with van der Waals surface area (Å²) in [6, 6.07) is 6.53. The summed E-state index contributed by atoms with van der Waals surface area (Å²) in [7, 11) is 1.43. The van der Waals surface area contributed by atoms with Crippen molar-refractivity contribution in [3.05, 3.63) is 29.3 Å². The highest BCUT2D eigenvalue weighted by Gasteiger charge is 2.46. The van der Waals surface area contributed by atoms with Gasteiger partial charge in [-0.1, -0.05) is 24.1 Å². The van der Waals surface area contributed by atoms with Crippen LogP contribution in [0.2, 0.25) is 0 Å². The standard InChI is InChI=1S/C17H25NO2S/c1-12-6-7-13(2)15(11-12)21-10-8-14-5-4-9-17(14,18)16(19)20-3/h6-7,11,14H,4-5,8-10,18H2,1-3H3. The highest BCUT2D eigenvalue weighted by atomic mass is 32.2. The van der Waals surface area contributed by atoms with Crippen LogP contribution in [-0.4, -0.2) is 24.4 Å². The summed E-state index contributed by atoms with van der Waals surface area (Å²) < 4.78 is 4.90. The van der Waals surface area contributed by atoms with Crippen molar-refractivity contribution in [1.82, 2.24) is 0 Å². The smallest absolute Gasteiger partial charge is 0.326 e. The molecule has 2 N–H and O–H groups in total. The number of rotatable bonds is 5. The summed E-state index contributed by atoms with van der Waals surface area (Å²) in [5.74, 6) is 0.981. The van der Waals surface area contributed by atoms with Crippen molar-refractivity contribution in [3.8, 4) is 0 Å². The van der Waals surface area contributed by atoms with Gasteiger partial charge in [-0.3, -0.25) is 4.79 Å². The van der Waals surface area contributed by atoms with Crippen molar-refractivity contribution in [3.63, 3.8) is 0 Å². The molecule has 0 saturated heterocycles. The quantitative estimate of drug-likeness (QED) is 0.668. The second kappa shape index (κ2) is 6.84. The van der Waals surface area contributed by atoms with Gasteiger partial charge >= 0.3 is 5.97 Å². The lowest BCUT2D eigenvalue weighted by Crippen LogP contribution is -2.51. The monoisotopic (exact) mass is 307 g/mol. The number of aryl methyl sites for hydroxylation is 2. The van der Waals surface area contributed by atoms with Gasteiger partial charge in [0, 0.05) is 4.90 Å².